The predicted octanol–water partition coefficient (Wildman–Crippen LogP) is 2.43. The van der Waals surface area contributed by atoms with Gasteiger partial charge in [-0.05, 0) is 25.3 Å². The first-order valence-electron chi connectivity index (χ1n) is 6.28. The second-order valence-electron chi connectivity index (χ2n) is 4.08. The van der Waals surface area contributed by atoms with Crippen molar-refractivity contribution in [3.8, 4) is 0 Å². The van der Waals surface area contributed by atoms with E-state index in [1.54, 1.807) is 12.1 Å². The Morgan fingerprint density at radius 3 is 2.48 bits per heavy atom. The molecule has 1 aromatic heterocycles. The molecule has 0 radical (unpaired) electrons. The Labute approximate surface area is 128 Å². The highest BCUT2D eigenvalue weighted by atomic mass is 32.2. The zero-order valence-electron chi connectivity index (χ0n) is 11.7. The second-order valence-corrected chi connectivity index (χ2v) is 6.61. The van der Waals surface area contributed by atoms with Crippen LogP contribution in [0, 0.1) is 0 Å². The standard InChI is InChI=1S/C13H16N4O2S2/c1-3-14-13-15-8-10(9-16-13)21(18,19)17-11-6-4-5-7-12(11)20-2/h4-9,17H,3H2,1-2H3,(H,14,15,16). The molecule has 21 heavy (non-hydrogen) atoms. The summed E-state index contributed by atoms with van der Waals surface area (Å²) in [5, 5.41) is 2.91. The van der Waals surface area contributed by atoms with Crippen LogP contribution < -0.4 is 10.0 Å². The van der Waals surface area contributed by atoms with Gasteiger partial charge >= 0.3 is 0 Å². The molecule has 0 spiro atoms. The number of nitrogens with one attached hydrogen (secondary N) is 2. The van der Waals surface area contributed by atoms with Crippen LogP contribution in [0.15, 0.2) is 46.5 Å². The summed E-state index contributed by atoms with van der Waals surface area (Å²) in [5.74, 6) is 0.404. The number of benzene rings is 1. The summed E-state index contributed by atoms with van der Waals surface area (Å²) in [5.41, 5.74) is 0.542. The molecule has 6 nitrogen and oxygen atoms in total. The fourth-order valence-corrected chi connectivity index (χ4v) is 3.22. The van der Waals surface area contributed by atoms with Crippen LogP contribution in [-0.4, -0.2) is 31.2 Å². The summed E-state index contributed by atoms with van der Waals surface area (Å²) < 4.78 is 27.2. The zero-order valence-corrected chi connectivity index (χ0v) is 13.3. The lowest BCUT2D eigenvalue weighted by atomic mass is 10.3. The van der Waals surface area contributed by atoms with Crippen LogP contribution in [0.3, 0.4) is 0 Å². The number of anilines is 2. The van der Waals surface area contributed by atoms with Gasteiger partial charge in [-0.1, -0.05) is 12.1 Å². The lowest BCUT2D eigenvalue weighted by Crippen LogP contribution is -2.14. The number of thioether (sulfide) groups is 1. The molecule has 2 aromatic rings. The van der Waals surface area contributed by atoms with Crippen LogP contribution in [0.2, 0.25) is 0 Å². The minimum Gasteiger partial charge on any atom is -0.355 e. The van der Waals surface area contributed by atoms with Crippen molar-refractivity contribution in [2.75, 3.05) is 22.8 Å². The Morgan fingerprint density at radius 2 is 1.86 bits per heavy atom. The van der Waals surface area contributed by atoms with Crippen LogP contribution in [0.1, 0.15) is 6.92 Å². The van der Waals surface area contributed by atoms with Gasteiger partial charge in [0.25, 0.3) is 10.0 Å². The van der Waals surface area contributed by atoms with Crippen LogP contribution in [0.25, 0.3) is 0 Å². The van der Waals surface area contributed by atoms with Crippen LogP contribution >= 0.6 is 11.8 Å². The topological polar surface area (TPSA) is 84.0 Å². The molecule has 0 aliphatic rings. The molecule has 1 aromatic carbocycles. The molecule has 0 saturated heterocycles. The molecular formula is C13H16N4O2S2. The highest BCUT2D eigenvalue weighted by Gasteiger charge is 2.16. The third-order valence-electron chi connectivity index (χ3n) is 2.62. The molecule has 1 heterocycles. The van der Waals surface area contributed by atoms with E-state index in [1.807, 2.05) is 25.3 Å². The lowest BCUT2D eigenvalue weighted by molar-refractivity contribution is 0.600. The van der Waals surface area contributed by atoms with Crippen molar-refractivity contribution in [2.24, 2.45) is 0 Å². The number of para-hydroxylation sites is 1. The Balaban J connectivity index is 2.25. The molecule has 0 unspecified atom stereocenters. The van der Waals surface area contributed by atoms with E-state index < -0.39 is 10.0 Å². The number of rotatable bonds is 6. The van der Waals surface area contributed by atoms with Crippen molar-refractivity contribution in [1.82, 2.24) is 9.97 Å². The van der Waals surface area contributed by atoms with Gasteiger partial charge in [-0.25, -0.2) is 18.4 Å². The molecule has 8 heteroatoms. The molecular weight excluding hydrogens is 308 g/mol. The van der Waals surface area contributed by atoms with Gasteiger partial charge in [-0.2, -0.15) is 0 Å². The maximum absolute atomic E-state index is 12.3. The van der Waals surface area contributed by atoms with Crippen molar-refractivity contribution in [3.05, 3.63) is 36.7 Å². The van der Waals surface area contributed by atoms with Gasteiger partial charge in [0.1, 0.15) is 4.90 Å². The number of hydrogen-bond donors (Lipinski definition) is 2. The maximum atomic E-state index is 12.3. The number of hydrogen-bond acceptors (Lipinski definition) is 6. The molecule has 0 bridgehead atoms. The fraction of sp³-hybridized carbons (Fsp3) is 0.231. The third-order valence-corrected chi connectivity index (χ3v) is 4.74. The Bertz CT molecular complexity index is 702. The fourth-order valence-electron chi connectivity index (χ4n) is 1.64. The van der Waals surface area contributed by atoms with E-state index in [-0.39, 0.29) is 4.90 Å². The smallest absolute Gasteiger partial charge is 0.265 e. The second kappa shape index (κ2) is 6.77. The Kier molecular flexibility index (Phi) is 5.03. The predicted molar refractivity (Wildman–Crippen MR) is 85.2 cm³/mol. The number of aromatic nitrogens is 2. The largest absolute Gasteiger partial charge is 0.355 e. The first-order chi connectivity index (χ1) is 10.1. The van der Waals surface area contributed by atoms with Gasteiger partial charge in [0.2, 0.25) is 5.95 Å². The summed E-state index contributed by atoms with van der Waals surface area (Å²) in [4.78, 5) is 8.83. The van der Waals surface area contributed by atoms with Crippen LogP contribution in [0.4, 0.5) is 11.6 Å². The van der Waals surface area contributed by atoms with E-state index >= 15 is 0 Å². The van der Waals surface area contributed by atoms with Crippen LogP contribution in [0.5, 0.6) is 0 Å². The van der Waals surface area contributed by atoms with Crippen molar-refractivity contribution in [2.45, 2.75) is 16.7 Å². The minimum absolute atomic E-state index is 0.0278. The molecule has 0 aliphatic heterocycles. The SMILES string of the molecule is CCNc1ncc(S(=O)(=O)Nc2ccccc2SC)cn1. The summed E-state index contributed by atoms with van der Waals surface area (Å²) >= 11 is 1.47. The van der Waals surface area contributed by atoms with Gasteiger partial charge in [-0.15, -0.1) is 11.8 Å². The van der Waals surface area contributed by atoms with Gasteiger partial charge < -0.3 is 5.32 Å². The average Bonchev–Trinajstić information content (AvgIpc) is 2.48. The van der Waals surface area contributed by atoms with E-state index in [4.69, 9.17) is 0 Å². The molecule has 0 fully saturated rings. The molecule has 0 atom stereocenters. The molecule has 112 valence electrons. The van der Waals surface area contributed by atoms with E-state index in [0.717, 1.165) is 4.90 Å². The quantitative estimate of drug-likeness (QED) is 0.794. The Hall–Kier alpha value is -1.80. The third kappa shape index (κ3) is 3.85. The van der Waals surface area contributed by atoms with Gasteiger partial charge in [0.15, 0.2) is 0 Å². The molecule has 0 amide bonds. The van der Waals surface area contributed by atoms with E-state index in [1.165, 1.54) is 24.2 Å². The highest BCUT2D eigenvalue weighted by molar-refractivity contribution is 7.99. The summed E-state index contributed by atoms with van der Waals surface area (Å²) in [7, 11) is -3.69. The highest BCUT2D eigenvalue weighted by Crippen LogP contribution is 2.26. The minimum atomic E-state index is -3.69. The van der Waals surface area contributed by atoms with E-state index in [2.05, 4.69) is 20.0 Å². The van der Waals surface area contributed by atoms with Gasteiger partial charge in [0, 0.05) is 11.4 Å². The first kappa shape index (κ1) is 15.6. The van der Waals surface area contributed by atoms with Crippen molar-refractivity contribution >= 4 is 33.4 Å². The van der Waals surface area contributed by atoms with E-state index in [9.17, 15) is 8.42 Å². The molecule has 2 N–H and O–H groups in total. The van der Waals surface area contributed by atoms with E-state index in [0.29, 0.717) is 18.2 Å². The first-order valence-corrected chi connectivity index (χ1v) is 8.99. The monoisotopic (exact) mass is 324 g/mol. The average molecular weight is 324 g/mol. The van der Waals surface area contributed by atoms with Gasteiger partial charge in [0.05, 0.1) is 18.1 Å². The normalized spacial score (nSPS) is 11.1. The summed E-state index contributed by atoms with van der Waals surface area (Å²) in [6.07, 6.45) is 4.46. The lowest BCUT2D eigenvalue weighted by Gasteiger charge is -2.11. The Morgan fingerprint density at radius 1 is 1.19 bits per heavy atom. The summed E-state index contributed by atoms with van der Waals surface area (Å²) in [6, 6.07) is 7.21. The van der Waals surface area contributed by atoms with Crippen molar-refractivity contribution in [1.29, 1.82) is 0 Å². The molecule has 2 rings (SSSR count). The number of nitrogens with zero attached hydrogens (tertiary/aromatic N) is 2. The summed E-state index contributed by atoms with van der Waals surface area (Å²) in [6.45, 7) is 2.58. The van der Waals surface area contributed by atoms with Gasteiger partial charge in [-0.3, -0.25) is 4.72 Å². The van der Waals surface area contributed by atoms with Crippen molar-refractivity contribution in [3.63, 3.8) is 0 Å². The maximum Gasteiger partial charge on any atom is 0.265 e. The van der Waals surface area contributed by atoms with Crippen molar-refractivity contribution < 1.29 is 8.42 Å². The zero-order chi connectivity index (χ0) is 15.3. The van der Waals surface area contributed by atoms with Crippen LogP contribution in [-0.2, 0) is 10.0 Å². The number of sulfonamides is 1. The molecule has 0 aliphatic carbocycles. The molecule has 0 saturated carbocycles.